The second-order valence-electron chi connectivity index (χ2n) is 4.91. The molecule has 2 heterocycles. The van der Waals surface area contributed by atoms with E-state index >= 15 is 0 Å². The van der Waals surface area contributed by atoms with E-state index in [-0.39, 0.29) is 12.1 Å². The number of aryl methyl sites for hydroxylation is 1. The Kier molecular flexibility index (Phi) is 5.35. The number of carbonyl (C=O) groups excluding carboxylic acids is 1. The largest absolute Gasteiger partial charge is 0.336 e. The van der Waals surface area contributed by atoms with Crippen LogP contribution in [0.1, 0.15) is 17.8 Å². The van der Waals surface area contributed by atoms with Gasteiger partial charge in [-0.3, -0.25) is 4.68 Å². The Labute approximate surface area is 128 Å². The summed E-state index contributed by atoms with van der Waals surface area (Å²) < 4.78 is 1.77. The molecule has 21 heavy (non-hydrogen) atoms. The summed E-state index contributed by atoms with van der Waals surface area (Å²) in [5.74, 6) is 0. The number of anilines is 1. The molecule has 2 aromatic rings. The molecular formula is C14H21N5OS. The molecule has 114 valence electrons. The van der Waals surface area contributed by atoms with Gasteiger partial charge < -0.3 is 15.5 Å². The summed E-state index contributed by atoms with van der Waals surface area (Å²) in [4.78, 5) is 15.3. The van der Waals surface area contributed by atoms with Gasteiger partial charge in [-0.15, -0.1) is 11.3 Å². The topological polar surface area (TPSA) is 62.2 Å². The summed E-state index contributed by atoms with van der Waals surface area (Å²) in [5, 5.41) is 11.9. The van der Waals surface area contributed by atoms with Crippen molar-refractivity contribution in [3.05, 3.63) is 34.8 Å². The average molecular weight is 307 g/mol. The fourth-order valence-electron chi connectivity index (χ4n) is 1.98. The molecule has 2 N–H and O–H groups in total. The third-order valence-electron chi connectivity index (χ3n) is 3.17. The second-order valence-corrected chi connectivity index (χ2v) is 5.89. The summed E-state index contributed by atoms with van der Waals surface area (Å²) >= 11 is 1.69. The van der Waals surface area contributed by atoms with E-state index in [1.54, 1.807) is 22.2 Å². The molecule has 2 aromatic heterocycles. The molecule has 0 aliphatic heterocycles. The molecule has 0 spiro atoms. The average Bonchev–Trinajstić information content (AvgIpc) is 3.10. The van der Waals surface area contributed by atoms with E-state index in [2.05, 4.69) is 26.7 Å². The Morgan fingerprint density at radius 3 is 2.90 bits per heavy atom. The lowest BCUT2D eigenvalue weighted by Crippen LogP contribution is -2.36. The van der Waals surface area contributed by atoms with Crippen molar-refractivity contribution < 1.29 is 4.79 Å². The van der Waals surface area contributed by atoms with Crippen molar-refractivity contribution in [2.24, 2.45) is 0 Å². The van der Waals surface area contributed by atoms with E-state index in [9.17, 15) is 4.79 Å². The number of hydrogen-bond acceptors (Lipinski definition) is 4. The molecule has 6 nitrogen and oxygen atoms in total. The number of nitrogens with zero attached hydrogens (tertiary/aromatic N) is 3. The summed E-state index contributed by atoms with van der Waals surface area (Å²) in [6, 6.07) is 4.07. The number of nitrogens with one attached hydrogen (secondary N) is 2. The van der Waals surface area contributed by atoms with Crippen LogP contribution in [0.5, 0.6) is 0 Å². The minimum absolute atomic E-state index is 0.175. The maximum absolute atomic E-state index is 11.9. The second kappa shape index (κ2) is 7.24. The molecule has 0 unspecified atom stereocenters. The highest BCUT2D eigenvalue weighted by Gasteiger charge is 2.16. The van der Waals surface area contributed by atoms with Gasteiger partial charge in [0.05, 0.1) is 17.9 Å². The van der Waals surface area contributed by atoms with E-state index in [4.69, 9.17) is 0 Å². The van der Waals surface area contributed by atoms with Crippen molar-refractivity contribution in [1.29, 1.82) is 0 Å². The summed E-state index contributed by atoms with van der Waals surface area (Å²) in [7, 11) is 4.02. The fraction of sp³-hybridized carbons (Fsp3) is 0.429. The van der Waals surface area contributed by atoms with Crippen molar-refractivity contribution in [3.63, 3.8) is 0 Å². The zero-order chi connectivity index (χ0) is 15.2. The van der Waals surface area contributed by atoms with E-state index in [0.29, 0.717) is 12.2 Å². The highest BCUT2D eigenvalue weighted by molar-refractivity contribution is 7.10. The minimum Gasteiger partial charge on any atom is -0.336 e. The summed E-state index contributed by atoms with van der Waals surface area (Å²) in [6.45, 7) is 3.34. The van der Waals surface area contributed by atoms with Crippen molar-refractivity contribution in [2.45, 2.75) is 19.5 Å². The SMILES string of the molecule is CCn1cc(NC(=O)NC[C@@H](c2cccs2)N(C)C)cn1. The van der Waals surface area contributed by atoms with Gasteiger partial charge in [0.25, 0.3) is 0 Å². The number of urea groups is 1. The molecule has 1 atom stereocenters. The molecule has 0 saturated carbocycles. The van der Waals surface area contributed by atoms with Crippen LogP contribution < -0.4 is 10.6 Å². The van der Waals surface area contributed by atoms with Crippen LogP contribution in [0.3, 0.4) is 0 Å². The molecule has 2 amide bonds. The first-order chi connectivity index (χ1) is 10.1. The van der Waals surface area contributed by atoms with Crippen molar-refractivity contribution in [3.8, 4) is 0 Å². The van der Waals surface area contributed by atoms with Crippen molar-refractivity contribution in [2.75, 3.05) is 26.0 Å². The van der Waals surface area contributed by atoms with Crippen LogP contribution in [-0.2, 0) is 6.54 Å². The van der Waals surface area contributed by atoms with Gasteiger partial charge in [0.15, 0.2) is 0 Å². The lowest BCUT2D eigenvalue weighted by molar-refractivity contribution is 0.244. The molecule has 7 heteroatoms. The smallest absolute Gasteiger partial charge is 0.319 e. The Bertz CT molecular complexity index is 564. The summed E-state index contributed by atoms with van der Waals surface area (Å²) in [6.07, 6.45) is 3.45. The lowest BCUT2D eigenvalue weighted by Gasteiger charge is -2.23. The molecule has 0 fully saturated rings. The van der Waals surface area contributed by atoms with E-state index in [1.807, 2.05) is 38.7 Å². The minimum atomic E-state index is -0.214. The number of carbonyl (C=O) groups is 1. The predicted octanol–water partition coefficient (Wildman–Crippen LogP) is 2.39. The van der Waals surface area contributed by atoms with E-state index in [1.165, 1.54) is 4.88 Å². The first kappa shape index (κ1) is 15.5. The third kappa shape index (κ3) is 4.30. The summed E-state index contributed by atoms with van der Waals surface area (Å²) in [5.41, 5.74) is 0.701. The van der Waals surface area contributed by atoms with E-state index in [0.717, 1.165) is 6.54 Å². The Morgan fingerprint density at radius 2 is 2.33 bits per heavy atom. The van der Waals surface area contributed by atoms with Gasteiger partial charge in [-0.1, -0.05) is 6.07 Å². The van der Waals surface area contributed by atoms with Crippen LogP contribution in [0.15, 0.2) is 29.9 Å². The van der Waals surface area contributed by atoms with Crippen LogP contribution >= 0.6 is 11.3 Å². The Morgan fingerprint density at radius 1 is 1.52 bits per heavy atom. The lowest BCUT2D eigenvalue weighted by atomic mass is 10.2. The first-order valence-electron chi connectivity index (χ1n) is 6.87. The van der Waals surface area contributed by atoms with Crippen LogP contribution in [-0.4, -0.2) is 41.4 Å². The van der Waals surface area contributed by atoms with Gasteiger partial charge in [-0.2, -0.15) is 5.10 Å². The number of aromatic nitrogens is 2. The third-order valence-corrected chi connectivity index (χ3v) is 4.14. The fourth-order valence-corrected chi connectivity index (χ4v) is 2.91. The highest BCUT2D eigenvalue weighted by Crippen LogP contribution is 2.22. The maximum atomic E-state index is 11.9. The van der Waals surface area contributed by atoms with Crippen LogP contribution in [0, 0.1) is 0 Å². The molecule has 0 aromatic carbocycles. The normalized spacial score (nSPS) is 12.4. The predicted molar refractivity (Wildman–Crippen MR) is 85.7 cm³/mol. The first-order valence-corrected chi connectivity index (χ1v) is 7.75. The number of hydrogen-bond donors (Lipinski definition) is 2. The van der Waals surface area contributed by atoms with Gasteiger partial charge in [0, 0.05) is 24.2 Å². The number of thiophene rings is 1. The van der Waals surface area contributed by atoms with Gasteiger partial charge in [-0.05, 0) is 32.5 Å². The molecule has 0 aliphatic carbocycles. The highest BCUT2D eigenvalue weighted by atomic mass is 32.1. The molecular weight excluding hydrogens is 286 g/mol. The van der Waals surface area contributed by atoms with Gasteiger partial charge >= 0.3 is 6.03 Å². The molecule has 2 rings (SSSR count). The monoisotopic (exact) mass is 307 g/mol. The standard InChI is InChI=1S/C14H21N5OS/c1-4-19-10-11(8-16-19)17-14(20)15-9-12(18(2)3)13-6-5-7-21-13/h5-8,10,12H,4,9H2,1-3H3,(H2,15,17,20)/t12-/m0/s1. The molecule has 0 saturated heterocycles. The molecule has 0 radical (unpaired) electrons. The molecule has 0 aliphatic rings. The zero-order valence-corrected chi connectivity index (χ0v) is 13.4. The molecule has 0 bridgehead atoms. The van der Waals surface area contributed by atoms with Crippen molar-refractivity contribution in [1.82, 2.24) is 20.0 Å². The van der Waals surface area contributed by atoms with Gasteiger partial charge in [0.2, 0.25) is 0 Å². The number of rotatable bonds is 6. The zero-order valence-electron chi connectivity index (χ0n) is 12.5. The Hall–Kier alpha value is -1.86. The van der Waals surface area contributed by atoms with Crippen LogP contribution in [0.4, 0.5) is 10.5 Å². The maximum Gasteiger partial charge on any atom is 0.319 e. The van der Waals surface area contributed by atoms with Crippen molar-refractivity contribution >= 4 is 23.1 Å². The number of amides is 2. The van der Waals surface area contributed by atoms with Gasteiger partial charge in [0.1, 0.15) is 0 Å². The van der Waals surface area contributed by atoms with E-state index < -0.39 is 0 Å². The Balaban J connectivity index is 1.87. The quantitative estimate of drug-likeness (QED) is 0.861. The number of likely N-dealkylation sites (N-methyl/N-ethyl adjacent to an activating group) is 1. The van der Waals surface area contributed by atoms with Crippen LogP contribution in [0.25, 0.3) is 0 Å². The van der Waals surface area contributed by atoms with Crippen LogP contribution in [0.2, 0.25) is 0 Å². The van der Waals surface area contributed by atoms with Gasteiger partial charge in [-0.25, -0.2) is 4.79 Å².